The van der Waals surface area contributed by atoms with Gasteiger partial charge in [0.05, 0.1) is 26.5 Å². The van der Waals surface area contributed by atoms with Gasteiger partial charge in [-0.25, -0.2) is 0 Å². The summed E-state index contributed by atoms with van der Waals surface area (Å²) in [5, 5.41) is 0. The first kappa shape index (κ1) is 22.5. The molecule has 0 N–H and O–H groups in total. The molecule has 0 aliphatic carbocycles. The van der Waals surface area contributed by atoms with E-state index in [4.69, 9.17) is 18.6 Å². The van der Waals surface area contributed by atoms with Crippen molar-refractivity contribution in [2.75, 3.05) is 27.4 Å². The monoisotopic (exact) mass is 447 g/mol. The molecule has 0 saturated heterocycles. The molecule has 2 heterocycles. The number of furan rings is 1. The molecule has 172 valence electrons. The van der Waals surface area contributed by atoms with Crippen molar-refractivity contribution in [2.45, 2.75) is 26.3 Å². The van der Waals surface area contributed by atoms with E-state index in [2.05, 4.69) is 6.07 Å². The van der Waals surface area contributed by atoms with E-state index >= 15 is 0 Å². The number of rotatable bonds is 7. The smallest absolute Gasteiger partial charge is 0.247 e. The second-order valence-electron chi connectivity index (χ2n) is 8.19. The van der Waals surface area contributed by atoms with E-state index < -0.39 is 0 Å². The highest BCUT2D eigenvalue weighted by molar-refractivity contribution is 5.92. The van der Waals surface area contributed by atoms with Crippen molar-refractivity contribution in [1.29, 1.82) is 0 Å². The number of hydrogen-bond donors (Lipinski definition) is 0. The maximum atomic E-state index is 13.2. The fourth-order valence-electron chi connectivity index (χ4n) is 4.30. The third kappa shape index (κ3) is 5.06. The van der Waals surface area contributed by atoms with Crippen molar-refractivity contribution in [1.82, 2.24) is 4.90 Å². The van der Waals surface area contributed by atoms with Crippen LogP contribution in [0.25, 0.3) is 6.08 Å². The highest BCUT2D eigenvalue weighted by Gasteiger charge is 2.32. The molecule has 4 rings (SSSR count). The number of ether oxygens (including phenoxy) is 3. The molecular weight excluding hydrogens is 418 g/mol. The molecule has 2 aromatic carbocycles. The molecule has 0 radical (unpaired) electrons. The molecule has 0 unspecified atom stereocenters. The fourth-order valence-corrected chi connectivity index (χ4v) is 4.30. The quantitative estimate of drug-likeness (QED) is 0.470. The Morgan fingerprint density at radius 1 is 1.09 bits per heavy atom. The molecule has 0 bridgehead atoms. The zero-order valence-corrected chi connectivity index (χ0v) is 19.5. The molecule has 6 nitrogen and oxygen atoms in total. The third-order valence-electron chi connectivity index (χ3n) is 5.82. The van der Waals surface area contributed by atoms with Gasteiger partial charge in [-0.2, -0.15) is 0 Å². The van der Waals surface area contributed by atoms with Gasteiger partial charge >= 0.3 is 0 Å². The molecular formula is C27H29NO5. The number of carbonyl (C=O) groups excluding carboxylic acids is 1. The van der Waals surface area contributed by atoms with Crippen molar-refractivity contribution < 1.29 is 23.4 Å². The van der Waals surface area contributed by atoms with Crippen LogP contribution in [0.2, 0.25) is 0 Å². The zero-order valence-electron chi connectivity index (χ0n) is 19.5. The number of methoxy groups -OCH3 is 2. The van der Waals surface area contributed by atoms with Crippen LogP contribution in [-0.2, 0) is 11.2 Å². The number of nitrogens with zero attached hydrogens (tertiary/aromatic N) is 1. The van der Waals surface area contributed by atoms with Crippen molar-refractivity contribution in [3.63, 3.8) is 0 Å². The summed E-state index contributed by atoms with van der Waals surface area (Å²) in [4.78, 5) is 15.0. The predicted molar refractivity (Wildman–Crippen MR) is 127 cm³/mol. The van der Waals surface area contributed by atoms with Gasteiger partial charge in [-0.15, -0.1) is 0 Å². The lowest BCUT2D eigenvalue weighted by Gasteiger charge is -2.37. The van der Waals surface area contributed by atoms with Crippen LogP contribution in [0.4, 0.5) is 0 Å². The van der Waals surface area contributed by atoms with E-state index in [1.54, 1.807) is 38.7 Å². The summed E-state index contributed by atoms with van der Waals surface area (Å²) in [5.74, 6) is 2.64. The van der Waals surface area contributed by atoms with Gasteiger partial charge in [-0.3, -0.25) is 4.79 Å². The second kappa shape index (κ2) is 9.86. The lowest BCUT2D eigenvalue weighted by molar-refractivity contribution is -0.129. The molecule has 33 heavy (non-hydrogen) atoms. The van der Waals surface area contributed by atoms with Crippen molar-refractivity contribution in [3.8, 4) is 17.2 Å². The van der Waals surface area contributed by atoms with Crippen LogP contribution >= 0.6 is 0 Å². The highest BCUT2D eigenvalue weighted by Crippen LogP contribution is 2.38. The van der Waals surface area contributed by atoms with E-state index in [9.17, 15) is 4.79 Å². The largest absolute Gasteiger partial charge is 0.493 e. The Balaban J connectivity index is 1.66. The molecule has 1 aromatic heterocycles. The number of benzene rings is 2. The van der Waals surface area contributed by atoms with Crippen molar-refractivity contribution in [3.05, 3.63) is 82.8 Å². The summed E-state index contributed by atoms with van der Waals surface area (Å²) in [6.45, 7) is 4.99. The van der Waals surface area contributed by atoms with E-state index in [1.165, 1.54) is 0 Å². The zero-order chi connectivity index (χ0) is 23.4. The van der Waals surface area contributed by atoms with E-state index in [-0.39, 0.29) is 11.9 Å². The lowest BCUT2D eigenvalue weighted by atomic mass is 9.92. The second-order valence-corrected chi connectivity index (χ2v) is 8.19. The molecule has 0 fully saturated rings. The van der Waals surface area contributed by atoms with Gasteiger partial charge in [0.2, 0.25) is 5.91 Å². The number of fused-ring (bicyclic) bond motifs is 1. The highest BCUT2D eigenvalue weighted by atomic mass is 16.5. The maximum Gasteiger partial charge on any atom is 0.247 e. The average molecular weight is 448 g/mol. The fraction of sp³-hybridized carbons (Fsp3) is 0.296. The summed E-state index contributed by atoms with van der Waals surface area (Å²) < 4.78 is 22.6. The summed E-state index contributed by atoms with van der Waals surface area (Å²) in [6, 6.07) is 13.4. The normalized spacial score (nSPS) is 15.4. The Morgan fingerprint density at radius 3 is 2.48 bits per heavy atom. The van der Waals surface area contributed by atoms with E-state index in [0.29, 0.717) is 30.4 Å². The van der Waals surface area contributed by atoms with E-state index in [1.807, 2.05) is 49.1 Å². The first-order chi connectivity index (χ1) is 16.0. The molecule has 0 saturated carbocycles. The Morgan fingerprint density at radius 2 is 1.82 bits per heavy atom. The van der Waals surface area contributed by atoms with Gasteiger partial charge in [0, 0.05) is 12.6 Å². The minimum atomic E-state index is -0.275. The third-order valence-corrected chi connectivity index (χ3v) is 5.82. The summed E-state index contributed by atoms with van der Waals surface area (Å²) in [5.41, 5.74) is 4.40. The topological polar surface area (TPSA) is 61.1 Å². The van der Waals surface area contributed by atoms with Crippen LogP contribution < -0.4 is 14.2 Å². The number of amides is 1. The Hall–Kier alpha value is -3.67. The lowest BCUT2D eigenvalue weighted by Crippen LogP contribution is -2.41. The summed E-state index contributed by atoms with van der Waals surface area (Å²) >= 11 is 0. The molecule has 1 aliphatic rings. The molecule has 1 amide bonds. The first-order valence-electron chi connectivity index (χ1n) is 11.0. The van der Waals surface area contributed by atoms with Gasteiger partial charge in [0.1, 0.15) is 18.1 Å². The van der Waals surface area contributed by atoms with Crippen LogP contribution in [0.1, 0.15) is 34.1 Å². The number of hydrogen-bond acceptors (Lipinski definition) is 5. The predicted octanol–water partition coefficient (Wildman–Crippen LogP) is 5.13. The van der Waals surface area contributed by atoms with Crippen molar-refractivity contribution >= 4 is 12.0 Å². The van der Waals surface area contributed by atoms with Gasteiger partial charge in [-0.1, -0.05) is 6.07 Å². The van der Waals surface area contributed by atoms with Gasteiger partial charge < -0.3 is 23.5 Å². The maximum absolute atomic E-state index is 13.2. The molecule has 1 atom stereocenters. The summed E-state index contributed by atoms with van der Waals surface area (Å²) in [6.07, 6.45) is 5.54. The van der Waals surface area contributed by atoms with Crippen LogP contribution in [0.5, 0.6) is 17.2 Å². The molecule has 6 heteroatoms. The average Bonchev–Trinajstić information content (AvgIpc) is 3.33. The minimum absolute atomic E-state index is 0.0964. The Kier molecular flexibility index (Phi) is 6.73. The van der Waals surface area contributed by atoms with Gasteiger partial charge in [0.15, 0.2) is 11.5 Å². The SMILES string of the molecule is COc1cc2c(cc1OC)[C@@H](COc1cc(C)cc(C)c1)N(C(=O)/C=C/c1ccco1)CC2. The Bertz CT molecular complexity index is 1130. The van der Waals surface area contributed by atoms with Crippen LogP contribution in [-0.4, -0.2) is 38.2 Å². The molecule has 3 aromatic rings. The summed E-state index contributed by atoms with van der Waals surface area (Å²) in [7, 11) is 3.24. The Labute approximate surface area is 194 Å². The van der Waals surface area contributed by atoms with Gasteiger partial charge in [0.25, 0.3) is 0 Å². The van der Waals surface area contributed by atoms with E-state index in [0.717, 1.165) is 34.4 Å². The first-order valence-corrected chi connectivity index (χ1v) is 11.0. The van der Waals surface area contributed by atoms with Crippen LogP contribution in [0.15, 0.2) is 59.2 Å². The number of aryl methyl sites for hydroxylation is 2. The standard InChI is InChI=1S/C27H29NO5/c1-18-12-19(2)14-22(13-18)33-17-24-23-16-26(31-4)25(30-3)15-20(23)9-10-28(24)27(29)8-7-21-6-5-11-32-21/h5-8,11-16,24H,9-10,17H2,1-4H3/b8-7+/t24-/m1/s1. The molecule has 1 aliphatic heterocycles. The van der Waals surface area contributed by atoms with Gasteiger partial charge in [-0.05, 0) is 85.0 Å². The molecule has 0 spiro atoms. The van der Waals surface area contributed by atoms with Crippen LogP contribution in [0.3, 0.4) is 0 Å². The van der Waals surface area contributed by atoms with Crippen molar-refractivity contribution in [2.24, 2.45) is 0 Å². The van der Waals surface area contributed by atoms with Crippen LogP contribution in [0, 0.1) is 13.8 Å². The number of carbonyl (C=O) groups is 1. The minimum Gasteiger partial charge on any atom is -0.493 e.